The van der Waals surface area contributed by atoms with E-state index < -0.39 is 0 Å². The summed E-state index contributed by atoms with van der Waals surface area (Å²) in [5, 5.41) is 0. The molecule has 0 aliphatic heterocycles. The summed E-state index contributed by atoms with van der Waals surface area (Å²) < 4.78 is 0. The normalized spacial score (nSPS) is 51.5. The Bertz CT molecular complexity index is 651. The Hall–Kier alpha value is -0.920. The lowest BCUT2D eigenvalue weighted by Crippen LogP contribution is -2.52. The van der Waals surface area contributed by atoms with Gasteiger partial charge in [0.2, 0.25) is 0 Å². The summed E-state index contributed by atoms with van der Waals surface area (Å²) in [6.07, 6.45) is 14.2. The van der Waals surface area contributed by atoms with Crippen LogP contribution in [0.1, 0.15) is 77.6 Å². The molecule has 0 aromatic rings. The van der Waals surface area contributed by atoms with Crippen molar-refractivity contribution in [1.29, 1.82) is 0 Å². The summed E-state index contributed by atoms with van der Waals surface area (Å²) in [4.78, 5) is 24.2. The minimum atomic E-state index is -0.0356. The number of carbonyl (C=O) groups excluding carboxylic acids is 2. The topological polar surface area (TPSA) is 34.1 Å². The molecule has 5 rings (SSSR count). The van der Waals surface area contributed by atoms with Crippen LogP contribution in [0.4, 0.5) is 0 Å². The third kappa shape index (κ3) is 2.64. The predicted octanol–water partition coefficient (Wildman–Crippen LogP) is 5.61. The minimum Gasteiger partial charge on any atom is -0.303 e. The number of rotatable bonds is 2. The standard InChI is InChI=1S/C25H36O2/c1-15(2)18-9-11-25(14-26)12-10-22-21-5-3-16-13-17(27)4-6-19(16)20(21)7-8-23(22)24(18)25/h14,16,18-24H,1,3-13H2,2H3/t16-,18+,19+,20-,21-,22+,23+,24-,25-/m1/s1. The van der Waals surface area contributed by atoms with Crippen molar-refractivity contribution in [2.75, 3.05) is 0 Å². The van der Waals surface area contributed by atoms with Crippen LogP contribution in [0.5, 0.6) is 0 Å². The lowest BCUT2D eigenvalue weighted by Gasteiger charge is -2.58. The average Bonchev–Trinajstić information content (AvgIpc) is 3.07. The van der Waals surface area contributed by atoms with Crippen molar-refractivity contribution < 1.29 is 9.59 Å². The lowest BCUT2D eigenvalue weighted by atomic mass is 9.46. The molecule has 0 heterocycles. The van der Waals surface area contributed by atoms with E-state index in [0.29, 0.717) is 23.5 Å². The first-order chi connectivity index (χ1) is 13.0. The highest BCUT2D eigenvalue weighted by Gasteiger charge is 2.59. The highest BCUT2D eigenvalue weighted by atomic mass is 16.1. The largest absolute Gasteiger partial charge is 0.303 e. The Morgan fingerprint density at radius 3 is 2.37 bits per heavy atom. The zero-order chi connectivity index (χ0) is 18.8. The molecule has 5 fully saturated rings. The quantitative estimate of drug-likeness (QED) is 0.469. The van der Waals surface area contributed by atoms with Gasteiger partial charge in [0.1, 0.15) is 12.1 Å². The van der Waals surface area contributed by atoms with Gasteiger partial charge >= 0.3 is 0 Å². The first-order valence-electron chi connectivity index (χ1n) is 11.7. The molecule has 0 aromatic heterocycles. The molecule has 0 bridgehead atoms. The molecule has 2 heteroatoms. The van der Waals surface area contributed by atoms with Gasteiger partial charge in [0.25, 0.3) is 0 Å². The van der Waals surface area contributed by atoms with Crippen molar-refractivity contribution in [2.45, 2.75) is 77.6 Å². The van der Waals surface area contributed by atoms with E-state index in [1.807, 2.05) is 0 Å². The SMILES string of the molecule is C=C(C)[C@@H]1CC[C@]2(C=O)CC[C@H]3[C@@H]4CC[C@@H]5CC(=O)CC[C@@H]5[C@H]4CC[C@@H]3[C@@H]12. The Labute approximate surface area is 164 Å². The number of ketones is 1. The number of allylic oxidation sites excluding steroid dienone is 1. The van der Waals surface area contributed by atoms with Gasteiger partial charge in [0.15, 0.2) is 0 Å². The summed E-state index contributed by atoms with van der Waals surface area (Å²) in [7, 11) is 0. The first kappa shape index (κ1) is 18.1. The number of hydrogen-bond acceptors (Lipinski definition) is 2. The number of Topliss-reactive ketones (excluding diaryl/α,β-unsaturated/α-hetero) is 1. The van der Waals surface area contributed by atoms with Gasteiger partial charge < -0.3 is 4.79 Å². The average molecular weight is 369 g/mol. The van der Waals surface area contributed by atoms with Gasteiger partial charge in [-0.05, 0) is 112 Å². The molecule has 27 heavy (non-hydrogen) atoms. The fourth-order valence-corrected chi connectivity index (χ4v) is 9.05. The minimum absolute atomic E-state index is 0.0356. The molecule has 9 atom stereocenters. The fourth-order valence-electron chi connectivity index (χ4n) is 9.05. The van der Waals surface area contributed by atoms with Crippen molar-refractivity contribution in [1.82, 2.24) is 0 Å². The molecule has 0 amide bonds. The summed E-state index contributed by atoms with van der Waals surface area (Å²) in [6, 6.07) is 0. The summed E-state index contributed by atoms with van der Waals surface area (Å²) >= 11 is 0. The molecule has 0 N–H and O–H groups in total. The van der Waals surface area contributed by atoms with E-state index in [0.717, 1.165) is 61.7 Å². The highest BCUT2D eigenvalue weighted by Crippen LogP contribution is 2.65. The van der Waals surface area contributed by atoms with Gasteiger partial charge in [-0.2, -0.15) is 0 Å². The van der Waals surface area contributed by atoms with Crippen LogP contribution < -0.4 is 0 Å². The van der Waals surface area contributed by atoms with Crippen LogP contribution in [0.3, 0.4) is 0 Å². The highest BCUT2D eigenvalue weighted by molar-refractivity contribution is 5.79. The van der Waals surface area contributed by atoms with Crippen LogP contribution in [0.25, 0.3) is 0 Å². The maximum atomic E-state index is 12.2. The second kappa shape index (κ2) is 6.56. The second-order valence-electron chi connectivity index (χ2n) is 10.9. The molecule has 0 spiro atoms. The maximum Gasteiger partial charge on any atom is 0.133 e. The Balaban J connectivity index is 1.42. The van der Waals surface area contributed by atoms with Crippen molar-refractivity contribution in [2.24, 2.45) is 52.8 Å². The van der Waals surface area contributed by atoms with E-state index in [9.17, 15) is 9.59 Å². The number of carbonyl (C=O) groups is 2. The summed E-state index contributed by atoms with van der Waals surface area (Å²) in [6.45, 7) is 6.53. The third-order valence-electron chi connectivity index (χ3n) is 10.0. The fraction of sp³-hybridized carbons (Fsp3) is 0.840. The Kier molecular flexibility index (Phi) is 4.41. The smallest absolute Gasteiger partial charge is 0.133 e. The van der Waals surface area contributed by atoms with Gasteiger partial charge in [-0.25, -0.2) is 0 Å². The van der Waals surface area contributed by atoms with Crippen molar-refractivity contribution in [3.63, 3.8) is 0 Å². The van der Waals surface area contributed by atoms with Crippen molar-refractivity contribution in [3.8, 4) is 0 Å². The summed E-state index contributed by atoms with van der Waals surface area (Å²) in [5.41, 5.74) is 1.28. The molecule has 5 aliphatic rings. The molecular weight excluding hydrogens is 332 g/mol. The molecule has 5 saturated carbocycles. The Morgan fingerprint density at radius 1 is 0.926 bits per heavy atom. The molecule has 0 unspecified atom stereocenters. The van der Waals surface area contributed by atoms with Gasteiger partial charge in [-0.3, -0.25) is 4.79 Å². The number of aldehydes is 1. The first-order valence-corrected chi connectivity index (χ1v) is 11.7. The van der Waals surface area contributed by atoms with Gasteiger partial charge in [0, 0.05) is 18.3 Å². The van der Waals surface area contributed by atoms with E-state index in [4.69, 9.17) is 0 Å². The van der Waals surface area contributed by atoms with Crippen LogP contribution in [-0.4, -0.2) is 12.1 Å². The van der Waals surface area contributed by atoms with Crippen LogP contribution in [-0.2, 0) is 9.59 Å². The molecule has 148 valence electrons. The van der Waals surface area contributed by atoms with E-state index in [1.165, 1.54) is 50.4 Å². The van der Waals surface area contributed by atoms with Crippen LogP contribution in [0.15, 0.2) is 12.2 Å². The third-order valence-corrected chi connectivity index (χ3v) is 10.0. The van der Waals surface area contributed by atoms with E-state index >= 15 is 0 Å². The second-order valence-corrected chi connectivity index (χ2v) is 10.9. The maximum absolute atomic E-state index is 12.2. The van der Waals surface area contributed by atoms with Crippen molar-refractivity contribution in [3.05, 3.63) is 12.2 Å². The van der Waals surface area contributed by atoms with Gasteiger partial charge in [-0.15, -0.1) is 0 Å². The Morgan fingerprint density at radius 2 is 1.59 bits per heavy atom. The molecule has 5 aliphatic carbocycles. The van der Waals surface area contributed by atoms with E-state index in [2.05, 4.69) is 13.5 Å². The number of hydrogen-bond donors (Lipinski definition) is 0. The molecule has 0 aromatic carbocycles. The predicted molar refractivity (Wildman–Crippen MR) is 107 cm³/mol. The monoisotopic (exact) mass is 368 g/mol. The zero-order valence-corrected chi connectivity index (χ0v) is 17.0. The summed E-state index contributed by atoms with van der Waals surface area (Å²) in [5.74, 6) is 6.49. The molecule has 0 saturated heterocycles. The van der Waals surface area contributed by atoms with Gasteiger partial charge in [-0.1, -0.05) is 12.2 Å². The van der Waals surface area contributed by atoms with E-state index in [-0.39, 0.29) is 5.41 Å². The number of fused-ring (bicyclic) bond motifs is 7. The van der Waals surface area contributed by atoms with E-state index in [1.54, 1.807) is 0 Å². The zero-order valence-electron chi connectivity index (χ0n) is 17.0. The van der Waals surface area contributed by atoms with Crippen molar-refractivity contribution >= 4 is 12.1 Å². The van der Waals surface area contributed by atoms with Gasteiger partial charge in [0.05, 0.1) is 0 Å². The van der Waals surface area contributed by atoms with Crippen LogP contribution in [0, 0.1) is 52.8 Å². The van der Waals surface area contributed by atoms with Crippen LogP contribution >= 0.6 is 0 Å². The lowest BCUT2D eigenvalue weighted by molar-refractivity contribution is -0.135. The molecule has 0 radical (unpaired) electrons. The molecule has 2 nitrogen and oxygen atoms in total. The molecular formula is C25H36O2. The van der Waals surface area contributed by atoms with Crippen LogP contribution in [0.2, 0.25) is 0 Å².